The van der Waals surface area contributed by atoms with E-state index in [0.717, 1.165) is 10.4 Å². The smallest absolute Gasteiger partial charge is 0.247 e. The van der Waals surface area contributed by atoms with Gasteiger partial charge in [0.2, 0.25) is 5.91 Å². The number of benzene rings is 1. The van der Waals surface area contributed by atoms with E-state index >= 15 is 0 Å². The Kier molecular flexibility index (Phi) is 5.61. The molecule has 1 aromatic carbocycles. The monoisotopic (exact) mass is 395 g/mol. The minimum Gasteiger partial charge on any atom is -0.330 e. The summed E-state index contributed by atoms with van der Waals surface area (Å²) in [6.07, 6.45) is 3.63. The molecule has 1 aliphatic heterocycles. The quantitative estimate of drug-likeness (QED) is 0.726. The number of nitrogens with zero attached hydrogens (tertiary/aromatic N) is 1. The van der Waals surface area contributed by atoms with E-state index in [0.29, 0.717) is 18.0 Å². The van der Waals surface area contributed by atoms with Gasteiger partial charge in [-0.25, -0.2) is 8.42 Å². The van der Waals surface area contributed by atoms with Crippen molar-refractivity contribution in [3.63, 3.8) is 0 Å². The van der Waals surface area contributed by atoms with Gasteiger partial charge < -0.3 is 4.90 Å². The molecule has 1 atom stereocenters. The summed E-state index contributed by atoms with van der Waals surface area (Å²) >= 11 is 7.67. The molecule has 1 aromatic heterocycles. The first kappa shape index (κ1) is 18.2. The Balaban J connectivity index is 1.80. The van der Waals surface area contributed by atoms with Gasteiger partial charge in [-0.1, -0.05) is 35.9 Å². The van der Waals surface area contributed by atoms with Crippen molar-refractivity contribution in [1.29, 1.82) is 0 Å². The molecule has 1 unspecified atom stereocenters. The molecule has 3 rings (SSSR count). The summed E-state index contributed by atoms with van der Waals surface area (Å²) in [5, 5.41) is 2.52. The summed E-state index contributed by atoms with van der Waals surface area (Å²) in [5.41, 5.74) is 0.757. The molecule has 0 bridgehead atoms. The van der Waals surface area contributed by atoms with Gasteiger partial charge in [-0.3, -0.25) is 4.79 Å². The highest BCUT2D eigenvalue weighted by Crippen LogP contribution is 2.23. The molecule has 1 saturated heterocycles. The van der Waals surface area contributed by atoms with Gasteiger partial charge in [0.1, 0.15) is 0 Å². The van der Waals surface area contributed by atoms with Crippen molar-refractivity contribution in [3.05, 3.63) is 63.3 Å². The second-order valence-corrected chi connectivity index (χ2v) is 9.63. The molecule has 1 amide bonds. The molecule has 2 aromatic rings. The number of carbonyl (C=O) groups excluding carboxylic acids is 1. The van der Waals surface area contributed by atoms with Gasteiger partial charge >= 0.3 is 0 Å². The lowest BCUT2D eigenvalue weighted by Gasteiger charge is -2.26. The van der Waals surface area contributed by atoms with Crippen LogP contribution in [0.3, 0.4) is 0 Å². The molecule has 0 radical (unpaired) electrons. The Bertz CT molecular complexity index is 875. The van der Waals surface area contributed by atoms with E-state index in [9.17, 15) is 13.2 Å². The van der Waals surface area contributed by atoms with Crippen LogP contribution in [0.2, 0.25) is 5.02 Å². The van der Waals surface area contributed by atoms with E-state index in [2.05, 4.69) is 0 Å². The number of thiophene rings is 1. The zero-order valence-corrected chi connectivity index (χ0v) is 15.9. The first-order chi connectivity index (χ1) is 11.9. The van der Waals surface area contributed by atoms with Crippen LogP contribution in [-0.2, 0) is 21.2 Å². The Morgan fingerprint density at radius 1 is 1.28 bits per heavy atom. The zero-order chi connectivity index (χ0) is 17.9. The molecule has 0 N–H and O–H groups in total. The standard InChI is InChI=1S/C18H18ClNO3S2/c19-17-6-2-1-4-14(17)7-8-18(21)20(12-16-5-3-10-24-16)15-9-11-25(22,23)13-15/h1-8,10,15H,9,11-13H2/b8-7+. The third-order valence-corrected chi connectivity index (χ3v) is 7.10. The Morgan fingerprint density at radius 3 is 2.72 bits per heavy atom. The Morgan fingerprint density at radius 2 is 2.08 bits per heavy atom. The van der Waals surface area contributed by atoms with Gasteiger partial charge in [0.25, 0.3) is 0 Å². The summed E-state index contributed by atoms with van der Waals surface area (Å²) in [6.45, 7) is 0.420. The highest BCUT2D eigenvalue weighted by Gasteiger charge is 2.34. The van der Waals surface area contributed by atoms with Crippen LogP contribution in [0.1, 0.15) is 16.9 Å². The van der Waals surface area contributed by atoms with Crippen LogP contribution >= 0.6 is 22.9 Å². The van der Waals surface area contributed by atoms with Crippen LogP contribution < -0.4 is 0 Å². The van der Waals surface area contributed by atoms with Gasteiger partial charge in [0, 0.05) is 22.0 Å². The predicted molar refractivity (Wildman–Crippen MR) is 102 cm³/mol. The second-order valence-electron chi connectivity index (χ2n) is 5.96. The molecule has 7 heteroatoms. The summed E-state index contributed by atoms with van der Waals surface area (Å²) in [4.78, 5) is 15.4. The molecule has 0 aliphatic carbocycles. The first-order valence-corrected chi connectivity index (χ1v) is 11.0. The van der Waals surface area contributed by atoms with Gasteiger partial charge in [0.15, 0.2) is 9.84 Å². The maximum absolute atomic E-state index is 12.8. The third kappa shape index (κ3) is 4.71. The highest BCUT2D eigenvalue weighted by atomic mass is 35.5. The van der Waals surface area contributed by atoms with Crippen molar-refractivity contribution in [2.75, 3.05) is 11.5 Å². The number of halogens is 1. The predicted octanol–water partition coefficient (Wildman–Crippen LogP) is 3.63. The molecule has 4 nitrogen and oxygen atoms in total. The molecule has 1 fully saturated rings. The highest BCUT2D eigenvalue weighted by molar-refractivity contribution is 7.91. The van der Waals surface area contributed by atoms with Crippen molar-refractivity contribution < 1.29 is 13.2 Å². The fraction of sp³-hybridized carbons (Fsp3) is 0.278. The molecule has 132 valence electrons. The van der Waals surface area contributed by atoms with Crippen LogP contribution in [0, 0.1) is 0 Å². The van der Waals surface area contributed by atoms with Crippen molar-refractivity contribution in [2.45, 2.75) is 19.0 Å². The van der Waals surface area contributed by atoms with Crippen LogP contribution in [-0.4, -0.2) is 36.8 Å². The summed E-state index contributed by atoms with van der Waals surface area (Å²) < 4.78 is 23.6. The Labute approximate surface area is 156 Å². The lowest BCUT2D eigenvalue weighted by molar-refractivity contribution is -0.128. The van der Waals surface area contributed by atoms with E-state index < -0.39 is 9.84 Å². The lowest BCUT2D eigenvalue weighted by Crippen LogP contribution is -2.39. The van der Waals surface area contributed by atoms with Crippen LogP contribution in [0.25, 0.3) is 6.08 Å². The van der Waals surface area contributed by atoms with Crippen molar-refractivity contribution >= 4 is 44.8 Å². The van der Waals surface area contributed by atoms with Gasteiger partial charge in [0.05, 0.1) is 18.1 Å². The second kappa shape index (κ2) is 7.72. The van der Waals surface area contributed by atoms with Crippen molar-refractivity contribution in [2.24, 2.45) is 0 Å². The normalized spacial score (nSPS) is 19.3. The van der Waals surface area contributed by atoms with E-state index in [1.165, 1.54) is 6.08 Å². The minimum absolute atomic E-state index is 0.0318. The number of carbonyl (C=O) groups is 1. The molecule has 2 heterocycles. The number of sulfone groups is 1. The maximum Gasteiger partial charge on any atom is 0.247 e. The average Bonchev–Trinajstić information content (AvgIpc) is 3.20. The van der Waals surface area contributed by atoms with E-state index in [-0.39, 0.29) is 23.5 Å². The van der Waals surface area contributed by atoms with E-state index in [1.54, 1.807) is 28.4 Å². The lowest BCUT2D eigenvalue weighted by atomic mass is 10.2. The maximum atomic E-state index is 12.8. The number of amides is 1. The van der Waals surface area contributed by atoms with Crippen molar-refractivity contribution in [3.8, 4) is 0 Å². The molecule has 0 saturated carbocycles. The third-order valence-electron chi connectivity index (χ3n) is 4.15. The van der Waals surface area contributed by atoms with Crippen LogP contribution in [0.15, 0.2) is 47.9 Å². The van der Waals surface area contributed by atoms with Gasteiger partial charge in [-0.2, -0.15) is 0 Å². The number of hydrogen-bond donors (Lipinski definition) is 0. The van der Waals surface area contributed by atoms with Crippen LogP contribution in [0.5, 0.6) is 0 Å². The fourth-order valence-electron chi connectivity index (χ4n) is 2.85. The SMILES string of the molecule is O=C(/C=C/c1ccccc1Cl)N(Cc1cccs1)C1CCS(=O)(=O)C1. The number of hydrogen-bond acceptors (Lipinski definition) is 4. The topological polar surface area (TPSA) is 54.5 Å². The molecular formula is C18H18ClNO3S2. The van der Waals surface area contributed by atoms with Gasteiger partial charge in [-0.15, -0.1) is 11.3 Å². The van der Waals surface area contributed by atoms with Crippen molar-refractivity contribution in [1.82, 2.24) is 4.90 Å². The first-order valence-electron chi connectivity index (χ1n) is 7.91. The summed E-state index contributed by atoms with van der Waals surface area (Å²) in [6, 6.07) is 10.9. The summed E-state index contributed by atoms with van der Waals surface area (Å²) in [7, 11) is -3.06. The zero-order valence-electron chi connectivity index (χ0n) is 13.5. The van der Waals surface area contributed by atoms with E-state index in [4.69, 9.17) is 11.6 Å². The minimum atomic E-state index is -3.06. The van der Waals surface area contributed by atoms with Gasteiger partial charge in [-0.05, 0) is 35.6 Å². The molecule has 0 spiro atoms. The largest absolute Gasteiger partial charge is 0.330 e. The fourth-order valence-corrected chi connectivity index (χ4v) is 5.48. The summed E-state index contributed by atoms with van der Waals surface area (Å²) in [5.74, 6) is -0.0279. The number of rotatable bonds is 5. The molecule has 25 heavy (non-hydrogen) atoms. The molecule has 1 aliphatic rings. The van der Waals surface area contributed by atoms with E-state index in [1.807, 2.05) is 35.7 Å². The van der Waals surface area contributed by atoms with Crippen LogP contribution in [0.4, 0.5) is 0 Å². The molecular weight excluding hydrogens is 378 g/mol. The average molecular weight is 396 g/mol. The Hall–Kier alpha value is -1.63.